The average molecular weight is 305 g/mol. The molecule has 0 aliphatic carbocycles. The third kappa shape index (κ3) is 3.76. The summed E-state index contributed by atoms with van der Waals surface area (Å²) in [5.41, 5.74) is 2.71. The Labute approximate surface area is 125 Å². The molecule has 0 unspecified atom stereocenters. The summed E-state index contributed by atoms with van der Waals surface area (Å²) in [4.78, 5) is 0.309. The van der Waals surface area contributed by atoms with E-state index >= 15 is 0 Å². The third-order valence-corrected chi connectivity index (χ3v) is 4.40. The van der Waals surface area contributed by atoms with Gasteiger partial charge in [0.15, 0.2) is 9.84 Å². The first kappa shape index (κ1) is 15.4. The standard InChI is InChI=1S/C16H19NO3S/c1-12-8-9-13(10-15(12)20-2)11-17-14-6-4-5-7-16(14)21(3,18)19/h4-10,17H,11H2,1-3H3. The van der Waals surface area contributed by atoms with Crippen molar-refractivity contribution < 1.29 is 13.2 Å². The molecule has 0 aliphatic heterocycles. The van der Waals surface area contributed by atoms with E-state index in [-0.39, 0.29) is 0 Å². The highest BCUT2D eigenvalue weighted by atomic mass is 32.2. The molecule has 0 atom stereocenters. The summed E-state index contributed by atoms with van der Waals surface area (Å²) in [5, 5.41) is 3.17. The smallest absolute Gasteiger partial charge is 0.177 e. The maximum atomic E-state index is 11.8. The Bertz CT molecular complexity index is 739. The second-order valence-electron chi connectivity index (χ2n) is 4.93. The SMILES string of the molecule is COc1cc(CNc2ccccc2S(C)(=O)=O)ccc1C. The number of hydrogen-bond acceptors (Lipinski definition) is 4. The van der Waals surface area contributed by atoms with Crippen LogP contribution in [0.3, 0.4) is 0 Å². The summed E-state index contributed by atoms with van der Waals surface area (Å²) >= 11 is 0. The molecule has 0 bridgehead atoms. The Hall–Kier alpha value is -2.01. The quantitative estimate of drug-likeness (QED) is 0.922. The maximum absolute atomic E-state index is 11.8. The monoisotopic (exact) mass is 305 g/mol. The predicted molar refractivity (Wildman–Crippen MR) is 84.6 cm³/mol. The number of nitrogens with one attached hydrogen (secondary N) is 1. The minimum atomic E-state index is -3.24. The van der Waals surface area contributed by atoms with Crippen molar-refractivity contribution in [2.75, 3.05) is 18.7 Å². The van der Waals surface area contributed by atoms with Crippen LogP contribution in [0, 0.1) is 6.92 Å². The fourth-order valence-corrected chi connectivity index (χ4v) is 2.97. The number of rotatable bonds is 5. The molecule has 21 heavy (non-hydrogen) atoms. The number of sulfone groups is 1. The Morgan fingerprint density at radius 2 is 1.86 bits per heavy atom. The first-order valence-corrected chi connectivity index (χ1v) is 8.47. The number of para-hydroxylation sites is 1. The van der Waals surface area contributed by atoms with E-state index in [0.29, 0.717) is 17.1 Å². The van der Waals surface area contributed by atoms with Gasteiger partial charge in [-0.15, -0.1) is 0 Å². The maximum Gasteiger partial charge on any atom is 0.177 e. The molecular weight excluding hydrogens is 286 g/mol. The van der Waals surface area contributed by atoms with E-state index in [1.54, 1.807) is 25.3 Å². The van der Waals surface area contributed by atoms with Gasteiger partial charge in [-0.1, -0.05) is 24.3 Å². The lowest BCUT2D eigenvalue weighted by molar-refractivity contribution is 0.411. The van der Waals surface area contributed by atoms with Gasteiger partial charge in [-0.05, 0) is 36.2 Å². The van der Waals surface area contributed by atoms with Gasteiger partial charge in [-0.2, -0.15) is 0 Å². The first-order valence-electron chi connectivity index (χ1n) is 6.58. The van der Waals surface area contributed by atoms with E-state index < -0.39 is 9.84 Å². The van der Waals surface area contributed by atoms with Crippen LogP contribution >= 0.6 is 0 Å². The molecule has 4 nitrogen and oxygen atoms in total. The molecule has 2 rings (SSSR count). The van der Waals surface area contributed by atoms with Gasteiger partial charge in [0.1, 0.15) is 5.75 Å². The molecule has 0 amide bonds. The zero-order valence-electron chi connectivity index (χ0n) is 12.4. The van der Waals surface area contributed by atoms with E-state index in [0.717, 1.165) is 16.9 Å². The fraction of sp³-hybridized carbons (Fsp3) is 0.250. The molecule has 0 saturated heterocycles. The highest BCUT2D eigenvalue weighted by Gasteiger charge is 2.12. The summed E-state index contributed by atoms with van der Waals surface area (Å²) in [6.45, 7) is 2.51. The van der Waals surface area contributed by atoms with E-state index in [2.05, 4.69) is 5.32 Å². The van der Waals surface area contributed by atoms with Gasteiger partial charge in [-0.25, -0.2) is 8.42 Å². The van der Waals surface area contributed by atoms with Crippen molar-refractivity contribution in [3.05, 3.63) is 53.6 Å². The van der Waals surface area contributed by atoms with Gasteiger partial charge in [0.25, 0.3) is 0 Å². The topological polar surface area (TPSA) is 55.4 Å². The predicted octanol–water partition coefficient (Wildman–Crippen LogP) is 3.02. The van der Waals surface area contributed by atoms with Gasteiger partial charge in [0.05, 0.1) is 17.7 Å². The molecule has 0 radical (unpaired) electrons. The van der Waals surface area contributed by atoms with Gasteiger partial charge in [-0.3, -0.25) is 0 Å². The molecule has 0 aliphatic rings. The molecule has 5 heteroatoms. The summed E-state index contributed by atoms with van der Waals surface area (Å²) in [6.07, 6.45) is 1.21. The fourth-order valence-electron chi connectivity index (χ4n) is 2.11. The Balaban J connectivity index is 2.21. The van der Waals surface area contributed by atoms with Crippen molar-refractivity contribution in [2.24, 2.45) is 0 Å². The van der Waals surface area contributed by atoms with Crippen molar-refractivity contribution in [1.29, 1.82) is 0 Å². The van der Waals surface area contributed by atoms with E-state index in [1.807, 2.05) is 31.2 Å². The Morgan fingerprint density at radius 1 is 1.14 bits per heavy atom. The summed E-state index contributed by atoms with van der Waals surface area (Å²) < 4.78 is 28.8. The molecule has 0 aromatic heterocycles. The number of aryl methyl sites for hydroxylation is 1. The molecule has 1 N–H and O–H groups in total. The second-order valence-corrected chi connectivity index (χ2v) is 6.91. The van der Waals surface area contributed by atoms with Crippen LogP contribution in [0.25, 0.3) is 0 Å². The van der Waals surface area contributed by atoms with Crippen LogP contribution in [0.15, 0.2) is 47.4 Å². The minimum absolute atomic E-state index is 0.309. The van der Waals surface area contributed by atoms with E-state index in [9.17, 15) is 8.42 Å². The van der Waals surface area contributed by atoms with Crippen molar-refractivity contribution in [3.63, 3.8) is 0 Å². The minimum Gasteiger partial charge on any atom is -0.496 e. The molecule has 0 saturated carbocycles. The van der Waals surface area contributed by atoms with Crippen LogP contribution in [0.4, 0.5) is 5.69 Å². The van der Waals surface area contributed by atoms with Crippen molar-refractivity contribution in [1.82, 2.24) is 0 Å². The largest absolute Gasteiger partial charge is 0.496 e. The highest BCUT2D eigenvalue weighted by molar-refractivity contribution is 7.90. The Morgan fingerprint density at radius 3 is 2.52 bits per heavy atom. The van der Waals surface area contributed by atoms with Crippen molar-refractivity contribution >= 4 is 15.5 Å². The van der Waals surface area contributed by atoms with Gasteiger partial charge >= 0.3 is 0 Å². The lowest BCUT2D eigenvalue weighted by Gasteiger charge is -2.12. The summed E-state index contributed by atoms with van der Waals surface area (Å²) in [5.74, 6) is 0.825. The molecule has 2 aromatic carbocycles. The summed E-state index contributed by atoms with van der Waals surface area (Å²) in [6, 6.07) is 12.8. The zero-order chi connectivity index (χ0) is 15.5. The highest BCUT2D eigenvalue weighted by Crippen LogP contribution is 2.23. The van der Waals surface area contributed by atoms with Gasteiger partial charge < -0.3 is 10.1 Å². The van der Waals surface area contributed by atoms with Crippen LogP contribution in [-0.2, 0) is 16.4 Å². The number of methoxy groups -OCH3 is 1. The number of benzene rings is 2. The molecule has 0 heterocycles. The van der Waals surface area contributed by atoms with Crippen LogP contribution in [0.1, 0.15) is 11.1 Å². The zero-order valence-corrected chi connectivity index (χ0v) is 13.2. The molecule has 2 aromatic rings. The molecular formula is C16H19NO3S. The number of hydrogen-bond donors (Lipinski definition) is 1. The summed E-state index contributed by atoms with van der Waals surface area (Å²) in [7, 11) is -1.61. The van der Waals surface area contributed by atoms with Crippen LogP contribution in [0.2, 0.25) is 0 Å². The third-order valence-electron chi connectivity index (χ3n) is 3.24. The second kappa shape index (κ2) is 6.18. The van der Waals surface area contributed by atoms with Gasteiger partial charge in [0.2, 0.25) is 0 Å². The van der Waals surface area contributed by atoms with E-state index in [1.165, 1.54) is 6.26 Å². The van der Waals surface area contributed by atoms with Crippen molar-refractivity contribution in [2.45, 2.75) is 18.4 Å². The van der Waals surface area contributed by atoms with Crippen molar-refractivity contribution in [3.8, 4) is 5.75 Å². The van der Waals surface area contributed by atoms with Crippen LogP contribution in [0.5, 0.6) is 5.75 Å². The Kier molecular flexibility index (Phi) is 4.53. The normalized spacial score (nSPS) is 11.2. The van der Waals surface area contributed by atoms with Gasteiger partial charge in [0, 0.05) is 12.8 Å². The molecule has 0 fully saturated rings. The molecule has 112 valence electrons. The first-order chi connectivity index (χ1) is 9.91. The van der Waals surface area contributed by atoms with E-state index in [4.69, 9.17) is 4.74 Å². The lowest BCUT2D eigenvalue weighted by Crippen LogP contribution is -2.06. The number of ether oxygens (including phenoxy) is 1. The average Bonchev–Trinajstić information content (AvgIpc) is 2.45. The number of anilines is 1. The van der Waals surface area contributed by atoms with Crippen LogP contribution in [-0.4, -0.2) is 21.8 Å². The molecule has 0 spiro atoms. The lowest BCUT2D eigenvalue weighted by atomic mass is 10.1. The van der Waals surface area contributed by atoms with Crippen LogP contribution < -0.4 is 10.1 Å².